The number of aromatic nitrogens is 2. The van der Waals surface area contributed by atoms with Crippen LogP contribution < -0.4 is 5.73 Å². The molecule has 0 saturated heterocycles. The molecule has 0 atom stereocenters. The maximum atomic E-state index is 12.1. The number of nitrogens with zero attached hydrogens (tertiary/aromatic N) is 2. The van der Waals surface area contributed by atoms with E-state index < -0.39 is 0 Å². The van der Waals surface area contributed by atoms with Crippen LogP contribution in [0, 0.1) is 6.92 Å². The fraction of sp³-hybridized carbons (Fsp3) is 0.154. The van der Waals surface area contributed by atoms with E-state index in [0.29, 0.717) is 5.56 Å². The highest BCUT2D eigenvalue weighted by atomic mass is 16.1. The van der Waals surface area contributed by atoms with Gasteiger partial charge in [-0.2, -0.15) is 0 Å². The van der Waals surface area contributed by atoms with E-state index in [1.54, 1.807) is 18.5 Å². The molecule has 0 aliphatic heterocycles. The Bertz CT molecular complexity index is 517. The Balaban J connectivity index is 2.27. The quantitative estimate of drug-likeness (QED) is 0.812. The zero-order chi connectivity index (χ0) is 12.3. The minimum absolute atomic E-state index is 0.0493. The zero-order valence-corrected chi connectivity index (χ0v) is 9.55. The predicted molar refractivity (Wildman–Crippen MR) is 65.7 cm³/mol. The minimum atomic E-state index is -0.0493. The van der Waals surface area contributed by atoms with Gasteiger partial charge < -0.3 is 5.73 Å². The SMILES string of the molecule is Cc1ccnc(N)c1C(=O)Cc1ccccn1. The van der Waals surface area contributed by atoms with Crippen molar-refractivity contribution >= 4 is 11.6 Å². The molecule has 4 heteroatoms. The molecular weight excluding hydrogens is 214 g/mol. The molecule has 0 radical (unpaired) electrons. The van der Waals surface area contributed by atoms with Crippen molar-refractivity contribution in [3.05, 3.63) is 53.5 Å². The van der Waals surface area contributed by atoms with E-state index in [-0.39, 0.29) is 18.0 Å². The molecule has 0 aromatic carbocycles. The van der Waals surface area contributed by atoms with Crippen molar-refractivity contribution in [2.45, 2.75) is 13.3 Å². The maximum Gasteiger partial charge on any atom is 0.172 e. The Morgan fingerprint density at radius 3 is 2.71 bits per heavy atom. The van der Waals surface area contributed by atoms with E-state index in [0.717, 1.165) is 11.3 Å². The Morgan fingerprint density at radius 1 is 1.24 bits per heavy atom. The maximum absolute atomic E-state index is 12.1. The van der Waals surface area contributed by atoms with Crippen molar-refractivity contribution < 1.29 is 4.79 Å². The van der Waals surface area contributed by atoms with Crippen LogP contribution in [0.1, 0.15) is 21.6 Å². The van der Waals surface area contributed by atoms with E-state index in [4.69, 9.17) is 5.73 Å². The number of anilines is 1. The number of pyridine rings is 2. The summed E-state index contributed by atoms with van der Waals surface area (Å²) in [4.78, 5) is 20.2. The van der Waals surface area contributed by atoms with Crippen LogP contribution in [0.25, 0.3) is 0 Å². The molecule has 0 fully saturated rings. The van der Waals surface area contributed by atoms with Gasteiger partial charge in [-0.05, 0) is 30.7 Å². The van der Waals surface area contributed by atoms with Crippen LogP contribution in [-0.2, 0) is 6.42 Å². The molecule has 2 heterocycles. The fourth-order valence-corrected chi connectivity index (χ4v) is 1.70. The molecule has 2 aromatic heterocycles. The summed E-state index contributed by atoms with van der Waals surface area (Å²) in [6, 6.07) is 7.27. The number of carbonyl (C=O) groups is 1. The normalized spacial score (nSPS) is 10.2. The molecule has 17 heavy (non-hydrogen) atoms. The summed E-state index contributed by atoms with van der Waals surface area (Å²) in [6.45, 7) is 1.85. The van der Waals surface area contributed by atoms with E-state index in [1.165, 1.54) is 0 Å². The summed E-state index contributed by atoms with van der Waals surface area (Å²) < 4.78 is 0. The van der Waals surface area contributed by atoms with E-state index in [1.807, 2.05) is 25.1 Å². The number of hydrogen-bond acceptors (Lipinski definition) is 4. The highest BCUT2D eigenvalue weighted by Crippen LogP contribution is 2.15. The van der Waals surface area contributed by atoms with Crippen LogP contribution in [0.4, 0.5) is 5.82 Å². The molecule has 0 unspecified atom stereocenters. The van der Waals surface area contributed by atoms with Crippen molar-refractivity contribution in [2.75, 3.05) is 5.73 Å². The lowest BCUT2D eigenvalue weighted by Crippen LogP contribution is -2.11. The van der Waals surface area contributed by atoms with Gasteiger partial charge in [0, 0.05) is 18.1 Å². The van der Waals surface area contributed by atoms with E-state index in [9.17, 15) is 4.79 Å². The second kappa shape index (κ2) is 4.74. The molecule has 0 saturated carbocycles. The molecule has 2 N–H and O–H groups in total. The van der Waals surface area contributed by atoms with Crippen LogP contribution >= 0.6 is 0 Å². The third-order valence-electron chi connectivity index (χ3n) is 2.54. The average molecular weight is 227 g/mol. The van der Waals surface area contributed by atoms with Gasteiger partial charge in [-0.15, -0.1) is 0 Å². The lowest BCUT2D eigenvalue weighted by Gasteiger charge is -2.06. The third kappa shape index (κ3) is 2.47. The molecule has 0 amide bonds. The Hall–Kier alpha value is -2.23. The second-order valence-electron chi connectivity index (χ2n) is 3.81. The predicted octanol–water partition coefficient (Wildman–Crippen LogP) is 1.79. The topological polar surface area (TPSA) is 68.9 Å². The van der Waals surface area contributed by atoms with Crippen molar-refractivity contribution in [1.82, 2.24) is 9.97 Å². The van der Waals surface area contributed by atoms with Gasteiger partial charge in [-0.3, -0.25) is 9.78 Å². The van der Waals surface area contributed by atoms with Crippen LogP contribution in [0.3, 0.4) is 0 Å². The highest BCUT2D eigenvalue weighted by Gasteiger charge is 2.14. The molecule has 2 rings (SSSR count). The van der Waals surface area contributed by atoms with Crippen LogP contribution in [0.5, 0.6) is 0 Å². The van der Waals surface area contributed by atoms with Crippen molar-refractivity contribution in [2.24, 2.45) is 0 Å². The van der Waals surface area contributed by atoms with Gasteiger partial charge in [-0.1, -0.05) is 6.07 Å². The first kappa shape index (κ1) is 11.3. The summed E-state index contributed by atoms with van der Waals surface area (Å²) in [7, 11) is 0. The van der Waals surface area contributed by atoms with Gasteiger partial charge >= 0.3 is 0 Å². The summed E-state index contributed by atoms with van der Waals surface area (Å²) in [5, 5.41) is 0. The molecule has 2 aromatic rings. The summed E-state index contributed by atoms with van der Waals surface area (Å²) >= 11 is 0. The minimum Gasteiger partial charge on any atom is -0.383 e. The molecule has 86 valence electrons. The van der Waals surface area contributed by atoms with Gasteiger partial charge in [-0.25, -0.2) is 4.98 Å². The second-order valence-corrected chi connectivity index (χ2v) is 3.81. The van der Waals surface area contributed by atoms with Crippen molar-refractivity contribution in [1.29, 1.82) is 0 Å². The summed E-state index contributed by atoms with van der Waals surface area (Å²) in [6.07, 6.45) is 3.52. The average Bonchev–Trinajstić information content (AvgIpc) is 2.30. The van der Waals surface area contributed by atoms with E-state index in [2.05, 4.69) is 9.97 Å². The van der Waals surface area contributed by atoms with Crippen molar-refractivity contribution in [3.8, 4) is 0 Å². The third-order valence-corrected chi connectivity index (χ3v) is 2.54. The first-order valence-electron chi connectivity index (χ1n) is 5.32. The fourth-order valence-electron chi connectivity index (χ4n) is 1.70. The number of nitrogen functional groups attached to an aromatic ring is 1. The highest BCUT2D eigenvalue weighted by molar-refractivity contribution is 6.02. The number of ketones is 1. The number of hydrogen-bond donors (Lipinski definition) is 1. The molecule has 0 spiro atoms. The van der Waals surface area contributed by atoms with Crippen LogP contribution in [0.15, 0.2) is 36.7 Å². The number of rotatable bonds is 3. The monoisotopic (exact) mass is 227 g/mol. The first-order chi connectivity index (χ1) is 8.18. The zero-order valence-electron chi connectivity index (χ0n) is 9.55. The van der Waals surface area contributed by atoms with Gasteiger partial charge in [0.05, 0.1) is 12.0 Å². The Kier molecular flexibility index (Phi) is 3.14. The summed E-state index contributed by atoms with van der Waals surface area (Å²) in [5.41, 5.74) is 7.80. The van der Waals surface area contributed by atoms with Gasteiger partial charge in [0.2, 0.25) is 0 Å². The number of aryl methyl sites for hydroxylation is 1. The van der Waals surface area contributed by atoms with Gasteiger partial charge in [0.25, 0.3) is 0 Å². The van der Waals surface area contributed by atoms with Gasteiger partial charge in [0.1, 0.15) is 5.82 Å². The molecule has 0 bridgehead atoms. The smallest absolute Gasteiger partial charge is 0.172 e. The Labute approximate surface area is 99.5 Å². The molecular formula is C13H13N3O. The summed E-state index contributed by atoms with van der Waals surface area (Å²) in [5.74, 6) is 0.234. The molecule has 4 nitrogen and oxygen atoms in total. The van der Waals surface area contributed by atoms with Crippen LogP contribution in [-0.4, -0.2) is 15.8 Å². The van der Waals surface area contributed by atoms with Crippen LogP contribution in [0.2, 0.25) is 0 Å². The van der Waals surface area contributed by atoms with Crippen molar-refractivity contribution in [3.63, 3.8) is 0 Å². The number of Topliss-reactive ketones (excluding diaryl/α,β-unsaturated/α-hetero) is 1. The lowest BCUT2D eigenvalue weighted by atomic mass is 10.0. The molecule has 0 aliphatic carbocycles. The Morgan fingerprint density at radius 2 is 2.06 bits per heavy atom. The first-order valence-corrected chi connectivity index (χ1v) is 5.32. The lowest BCUT2D eigenvalue weighted by molar-refractivity contribution is 0.0992. The number of carbonyl (C=O) groups excluding carboxylic acids is 1. The number of nitrogens with two attached hydrogens (primary N) is 1. The van der Waals surface area contributed by atoms with Gasteiger partial charge in [0.15, 0.2) is 5.78 Å². The largest absolute Gasteiger partial charge is 0.383 e. The van der Waals surface area contributed by atoms with E-state index >= 15 is 0 Å². The standard InChI is InChI=1S/C13H13N3O/c1-9-5-7-16-13(14)12(9)11(17)8-10-4-2-3-6-15-10/h2-7H,8H2,1H3,(H2,14,16). The molecule has 0 aliphatic rings.